The van der Waals surface area contributed by atoms with Crippen LogP contribution in [0.4, 0.5) is 0 Å². The fourth-order valence-corrected chi connectivity index (χ4v) is 3.51. The van der Waals surface area contributed by atoms with Crippen LogP contribution in [0, 0.1) is 0 Å². The highest BCUT2D eigenvalue weighted by atomic mass is 28.4. The van der Waals surface area contributed by atoms with Crippen molar-refractivity contribution in [3.63, 3.8) is 0 Å². The normalized spacial score (nSPS) is 14.3. The highest BCUT2D eigenvalue weighted by Crippen LogP contribution is 2.18. The Morgan fingerprint density at radius 1 is 1.25 bits per heavy atom. The molecule has 0 saturated carbocycles. The van der Waals surface area contributed by atoms with Gasteiger partial charge in [-0.2, -0.15) is 0 Å². The van der Waals surface area contributed by atoms with Crippen molar-refractivity contribution in [2.24, 2.45) is 0 Å². The number of hydrogen-bond acceptors (Lipinski definition) is 4. The molecule has 0 N–H and O–H groups in total. The molecule has 5 heteroatoms. The maximum absolute atomic E-state index is 5.60. The van der Waals surface area contributed by atoms with E-state index in [1.54, 1.807) is 20.5 Å². The summed E-state index contributed by atoms with van der Waals surface area (Å²) in [6.07, 6.45) is 4.58. The fraction of sp³-hybridized carbons (Fsp3) is 0.818. The van der Waals surface area contributed by atoms with E-state index in [0.29, 0.717) is 6.61 Å². The predicted molar refractivity (Wildman–Crippen MR) is 66.2 cm³/mol. The van der Waals surface area contributed by atoms with Gasteiger partial charge in [-0.05, 0) is 27.2 Å². The zero-order chi connectivity index (χ0) is 12.4. The summed E-state index contributed by atoms with van der Waals surface area (Å²) in [4.78, 5) is 0. The van der Waals surface area contributed by atoms with Gasteiger partial charge in [0, 0.05) is 26.9 Å². The van der Waals surface area contributed by atoms with Gasteiger partial charge in [-0.15, -0.1) is 0 Å². The summed E-state index contributed by atoms with van der Waals surface area (Å²) in [6.45, 7) is 6.50. The van der Waals surface area contributed by atoms with Crippen molar-refractivity contribution in [3.05, 3.63) is 12.3 Å². The van der Waals surface area contributed by atoms with Crippen LogP contribution in [-0.4, -0.2) is 35.7 Å². The molecule has 0 fully saturated rings. The predicted octanol–water partition coefficient (Wildman–Crippen LogP) is 2.58. The average molecular weight is 248 g/mol. The minimum Gasteiger partial charge on any atom is -0.499 e. The zero-order valence-corrected chi connectivity index (χ0v) is 12.0. The minimum atomic E-state index is -2.45. The second-order valence-corrected chi connectivity index (χ2v) is 6.45. The van der Waals surface area contributed by atoms with Crippen molar-refractivity contribution in [2.45, 2.75) is 39.3 Å². The first-order valence-electron chi connectivity index (χ1n) is 5.65. The summed E-state index contributed by atoms with van der Waals surface area (Å²) in [6, 6.07) is 0.770. The summed E-state index contributed by atoms with van der Waals surface area (Å²) in [5.74, 6) is 0. The maximum Gasteiger partial charge on any atom is 0.500 e. The van der Waals surface area contributed by atoms with E-state index in [0.717, 1.165) is 12.5 Å². The van der Waals surface area contributed by atoms with E-state index in [9.17, 15) is 0 Å². The smallest absolute Gasteiger partial charge is 0.499 e. The van der Waals surface area contributed by atoms with Crippen LogP contribution < -0.4 is 0 Å². The molecule has 0 heterocycles. The van der Waals surface area contributed by atoms with Crippen LogP contribution >= 0.6 is 0 Å². The number of ether oxygens (including phenoxy) is 1. The molecule has 0 spiro atoms. The van der Waals surface area contributed by atoms with Gasteiger partial charge in [0.05, 0.1) is 12.4 Å². The topological polar surface area (TPSA) is 36.9 Å². The fourth-order valence-electron chi connectivity index (χ4n) is 1.36. The van der Waals surface area contributed by atoms with E-state index in [4.69, 9.17) is 18.0 Å². The first-order valence-corrected chi connectivity index (χ1v) is 7.58. The van der Waals surface area contributed by atoms with Crippen LogP contribution in [0.3, 0.4) is 0 Å². The molecule has 96 valence electrons. The van der Waals surface area contributed by atoms with Crippen LogP contribution in [-0.2, 0) is 18.0 Å². The van der Waals surface area contributed by atoms with E-state index >= 15 is 0 Å². The van der Waals surface area contributed by atoms with Gasteiger partial charge in [0.1, 0.15) is 0 Å². The molecule has 0 aliphatic rings. The summed E-state index contributed by atoms with van der Waals surface area (Å²) in [5, 5.41) is 0. The van der Waals surface area contributed by atoms with Crippen LogP contribution in [0.25, 0.3) is 0 Å². The van der Waals surface area contributed by atoms with Gasteiger partial charge in [-0.3, -0.25) is 0 Å². The molecule has 0 bridgehead atoms. The molecule has 0 aliphatic heterocycles. The van der Waals surface area contributed by atoms with E-state index < -0.39 is 8.80 Å². The van der Waals surface area contributed by atoms with Gasteiger partial charge in [-0.1, -0.05) is 6.08 Å². The number of allylic oxidation sites excluding steroid dienone is 1. The summed E-state index contributed by atoms with van der Waals surface area (Å²) in [7, 11) is 0.834. The summed E-state index contributed by atoms with van der Waals surface area (Å²) < 4.78 is 21.8. The van der Waals surface area contributed by atoms with Crippen molar-refractivity contribution in [3.8, 4) is 0 Å². The monoisotopic (exact) mass is 248 g/mol. The second kappa shape index (κ2) is 8.75. The lowest BCUT2D eigenvalue weighted by Gasteiger charge is -2.26. The third kappa shape index (κ3) is 5.65. The van der Waals surface area contributed by atoms with Gasteiger partial charge in [0.2, 0.25) is 0 Å². The van der Waals surface area contributed by atoms with Crippen molar-refractivity contribution >= 4 is 8.80 Å². The Balaban J connectivity index is 4.09. The van der Waals surface area contributed by atoms with Gasteiger partial charge >= 0.3 is 8.80 Å². The molecule has 0 amide bonds. The Labute approximate surface area is 99.9 Å². The largest absolute Gasteiger partial charge is 0.500 e. The molecule has 1 atom stereocenters. The second-order valence-electron chi connectivity index (χ2n) is 3.48. The van der Waals surface area contributed by atoms with Crippen LogP contribution in [0.15, 0.2) is 12.3 Å². The Bertz CT molecular complexity index is 192. The van der Waals surface area contributed by atoms with E-state index in [2.05, 4.69) is 0 Å². The highest BCUT2D eigenvalue weighted by Gasteiger charge is 2.38. The lowest BCUT2D eigenvalue weighted by Crippen LogP contribution is -2.44. The van der Waals surface area contributed by atoms with Crippen LogP contribution in [0.5, 0.6) is 0 Å². The Morgan fingerprint density at radius 3 is 2.31 bits per heavy atom. The quantitative estimate of drug-likeness (QED) is 0.464. The number of rotatable bonds is 9. The standard InChI is InChI=1S/C11H24O4Si/c1-6-9-14-11(3)8-10-16(12-4,13-5)15-7-2/h6,9,11H,7-8,10H2,1-5H3. The molecular weight excluding hydrogens is 224 g/mol. The SMILES string of the molecule is CC=COC(C)CC[Si](OC)(OC)OCC. The zero-order valence-electron chi connectivity index (χ0n) is 11.0. The first-order chi connectivity index (χ1) is 7.64. The Morgan fingerprint density at radius 2 is 1.88 bits per heavy atom. The minimum absolute atomic E-state index is 0.147. The highest BCUT2D eigenvalue weighted by molar-refractivity contribution is 6.60. The molecule has 0 saturated heterocycles. The molecular formula is C11H24O4Si. The molecule has 4 nitrogen and oxygen atoms in total. The van der Waals surface area contributed by atoms with Crippen molar-refractivity contribution in [1.82, 2.24) is 0 Å². The van der Waals surface area contributed by atoms with Crippen LogP contribution in [0.1, 0.15) is 27.2 Å². The molecule has 0 radical (unpaired) electrons. The van der Waals surface area contributed by atoms with Crippen molar-refractivity contribution in [1.29, 1.82) is 0 Å². The molecule has 0 aromatic heterocycles. The molecule has 16 heavy (non-hydrogen) atoms. The molecule has 0 rings (SSSR count). The van der Waals surface area contributed by atoms with E-state index in [-0.39, 0.29) is 6.10 Å². The summed E-state index contributed by atoms with van der Waals surface area (Å²) >= 11 is 0. The van der Waals surface area contributed by atoms with Gasteiger partial charge in [0.25, 0.3) is 0 Å². The Hall–Kier alpha value is -0.363. The summed E-state index contributed by atoms with van der Waals surface area (Å²) in [5.41, 5.74) is 0. The lowest BCUT2D eigenvalue weighted by molar-refractivity contribution is 0.0935. The molecule has 0 aromatic carbocycles. The number of hydrogen-bond donors (Lipinski definition) is 0. The van der Waals surface area contributed by atoms with E-state index in [1.165, 1.54) is 0 Å². The Kier molecular flexibility index (Phi) is 8.55. The van der Waals surface area contributed by atoms with Crippen molar-refractivity contribution < 1.29 is 18.0 Å². The van der Waals surface area contributed by atoms with E-state index in [1.807, 2.05) is 26.8 Å². The molecule has 0 aliphatic carbocycles. The lowest BCUT2D eigenvalue weighted by atomic mass is 10.3. The van der Waals surface area contributed by atoms with Gasteiger partial charge < -0.3 is 18.0 Å². The maximum atomic E-state index is 5.60. The first kappa shape index (κ1) is 15.6. The van der Waals surface area contributed by atoms with Gasteiger partial charge in [-0.25, -0.2) is 0 Å². The third-order valence-electron chi connectivity index (χ3n) is 2.29. The van der Waals surface area contributed by atoms with Crippen molar-refractivity contribution in [2.75, 3.05) is 20.8 Å². The third-order valence-corrected chi connectivity index (χ3v) is 5.16. The van der Waals surface area contributed by atoms with Gasteiger partial charge in [0.15, 0.2) is 0 Å². The molecule has 1 unspecified atom stereocenters. The molecule has 0 aromatic rings. The average Bonchev–Trinajstić information content (AvgIpc) is 2.32. The van der Waals surface area contributed by atoms with Crippen LogP contribution in [0.2, 0.25) is 6.04 Å².